The van der Waals surface area contributed by atoms with E-state index in [-0.39, 0.29) is 53.9 Å². The van der Waals surface area contributed by atoms with Gasteiger partial charge in [-0.05, 0) is 76.7 Å². The summed E-state index contributed by atoms with van der Waals surface area (Å²) in [4.78, 5) is 13.8. The molecule has 0 aromatic heterocycles. The van der Waals surface area contributed by atoms with E-state index in [2.05, 4.69) is 19.1 Å². The monoisotopic (exact) mass is 808 g/mol. The van der Waals surface area contributed by atoms with E-state index >= 15 is 0 Å². The Morgan fingerprint density at radius 3 is 2.18 bits per heavy atom. The van der Waals surface area contributed by atoms with Gasteiger partial charge in [0.15, 0.2) is 30.9 Å². The topological polar surface area (TPSA) is 168 Å². The van der Waals surface area contributed by atoms with Gasteiger partial charge in [-0.15, -0.1) is 0 Å². The number of carbonyl (C=O) groups is 1. The van der Waals surface area contributed by atoms with Gasteiger partial charge >= 0.3 is 5.97 Å². The zero-order valence-electron chi connectivity index (χ0n) is 34.6. The van der Waals surface area contributed by atoms with Crippen molar-refractivity contribution in [3.8, 4) is 0 Å². The van der Waals surface area contributed by atoms with Crippen LogP contribution in [0.3, 0.4) is 0 Å². The minimum Gasteiger partial charge on any atom is -0.459 e. The van der Waals surface area contributed by atoms with Crippen molar-refractivity contribution < 1.29 is 71.8 Å². The molecule has 6 aliphatic heterocycles. The van der Waals surface area contributed by atoms with Crippen LogP contribution < -0.4 is 0 Å². The molecule has 6 fully saturated rings. The number of ether oxygens (including phenoxy) is 12. The Bertz CT molecular complexity index is 1490. The first-order valence-electron chi connectivity index (χ1n) is 21.0. The Morgan fingerprint density at radius 1 is 0.789 bits per heavy atom. The molecule has 8 rings (SSSR count). The molecule has 0 amide bonds. The molecule has 20 atom stereocenters. The Balaban J connectivity index is 0.867. The van der Waals surface area contributed by atoms with Crippen molar-refractivity contribution in [3.63, 3.8) is 0 Å². The third kappa shape index (κ3) is 7.92. The summed E-state index contributed by atoms with van der Waals surface area (Å²) in [5.41, 5.74) is 2.13. The minimum atomic E-state index is -0.877. The lowest BCUT2D eigenvalue weighted by Crippen LogP contribution is -2.56. The first-order chi connectivity index (χ1) is 27.2. The molecule has 2 N–H and O–H groups in total. The fourth-order valence-corrected chi connectivity index (χ4v) is 11.2. The largest absolute Gasteiger partial charge is 0.459 e. The lowest BCUT2D eigenvalue weighted by molar-refractivity contribution is -0.337. The van der Waals surface area contributed by atoms with Crippen molar-refractivity contribution in [1.82, 2.24) is 0 Å². The van der Waals surface area contributed by atoms with Crippen molar-refractivity contribution in [2.75, 3.05) is 27.9 Å². The molecule has 0 bridgehead atoms. The van der Waals surface area contributed by atoms with E-state index in [4.69, 9.17) is 56.8 Å². The number of rotatable bonds is 9. The van der Waals surface area contributed by atoms with Gasteiger partial charge in [-0.1, -0.05) is 24.6 Å². The van der Waals surface area contributed by atoms with Crippen LogP contribution in [0.2, 0.25) is 0 Å². The Kier molecular flexibility index (Phi) is 12.4. The molecule has 0 radical (unpaired) electrons. The average molecular weight is 809 g/mol. The summed E-state index contributed by atoms with van der Waals surface area (Å²) in [5, 5.41) is 21.5. The van der Waals surface area contributed by atoms with Gasteiger partial charge in [-0.25, -0.2) is 0 Å². The minimum absolute atomic E-state index is 0.0545. The van der Waals surface area contributed by atoms with Gasteiger partial charge in [0, 0.05) is 40.6 Å². The number of aliphatic hydroxyl groups is 2. The van der Waals surface area contributed by atoms with Crippen molar-refractivity contribution >= 4 is 5.97 Å². The van der Waals surface area contributed by atoms with Crippen LogP contribution in [0.4, 0.5) is 0 Å². The Labute approximate surface area is 335 Å². The number of allylic oxidation sites excluding steroid dienone is 2. The quantitative estimate of drug-likeness (QED) is 0.256. The zero-order valence-corrected chi connectivity index (χ0v) is 34.6. The van der Waals surface area contributed by atoms with E-state index in [1.54, 1.807) is 28.3 Å². The molecular formula is C42H64O15. The lowest BCUT2D eigenvalue weighted by Gasteiger charge is -2.50. The van der Waals surface area contributed by atoms with E-state index in [1.165, 1.54) is 5.57 Å². The second kappa shape index (κ2) is 16.7. The number of hydrogen-bond acceptors (Lipinski definition) is 15. The highest BCUT2D eigenvalue weighted by atomic mass is 16.8. The summed E-state index contributed by atoms with van der Waals surface area (Å²) in [6, 6.07) is 0. The Hall–Kier alpha value is -1.57. The SMILES string of the molecule is COC1OC2(C)OCC3OC(=O)C4CC=C5CC(OC6CC(OC)C(OC7CC(O)C(OC8CC(OC)C(O)C(C)O8)C(C)O7)C(C)O6)CCC5(C)C4CC=C1C32. The maximum absolute atomic E-state index is 13.8. The molecule has 20 unspecified atom stereocenters. The number of fused-ring (bicyclic) bond motifs is 3. The summed E-state index contributed by atoms with van der Waals surface area (Å²) in [6.07, 6.45) is 1.59. The third-order valence-electron chi connectivity index (χ3n) is 14.4. The highest BCUT2D eigenvalue weighted by Gasteiger charge is 2.61. The van der Waals surface area contributed by atoms with Crippen LogP contribution in [0.1, 0.15) is 86.0 Å². The molecule has 0 aromatic carbocycles. The average Bonchev–Trinajstić information content (AvgIpc) is 3.66. The maximum Gasteiger partial charge on any atom is 0.309 e. The van der Waals surface area contributed by atoms with Crippen LogP contribution in [0.25, 0.3) is 0 Å². The Morgan fingerprint density at radius 2 is 1.46 bits per heavy atom. The molecular weight excluding hydrogens is 744 g/mol. The number of aliphatic hydroxyl groups excluding tert-OH is 2. The third-order valence-corrected chi connectivity index (χ3v) is 14.4. The lowest BCUT2D eigenvalue weighted by atomic mass is 9.55. The molecule has 0 aromatic rings. The van der Waals surface area contributed by atoms with Crippen LogP contribution in [0, 0.1) is 23.2 Å². The summed E-state index contributed by atoms with van der Waals surface area (Å²) < 4.78 is 73.4. The van der Waals surface area contributed by atoms with E-state index in [1.807, 2.05) is 20.8 Å². The highest BCUT2D eigenvalue weighted by Crippen LogP contribution is 2.57. The molecule has 57 heavy (non-hydrogen) atoms. The molecule has 6 heterocycles. The van der Waals surface area contributed by atoms with Gasteiger partial charge in [-0.3, -0.25) is 4.79 Å². The molecule has 0 spiro atoms. The van der Waals surface area contributed by atoms with Crippen LogP contribution in [0.5, 0.6) is 0 Å². The summed E-state index contributed by atoms with van der Waals surface area (Å²) in [7, 11) is 4.85. The molecule has 15 nitrogen and oxygen atoms in total. The van der Waals surface area contributed by atoms with Crippen LogP contribution in [0.15, 0.2) is 23.3 Å². The molecule has 2 aliphatic carbocycles. The molecule has 1 saturated carbocycles. The normalized spacial score (nSPS) is 51.3. The highest BCUT2D eigenvalue weighted by molar-refractivity contribution is 5.74. The van der Waals surface area contributed by atoms with Gasteiger partial charge < -0.3 is 67.1 Å². The van der Waals surface area contributed by atoms with E-state index < -0.39 is 79.8 Å². The first-order valence-corrected chi connectivity index (χ1v) is 21.0. The van der Waals surface area contributed by atoms with Crippen molar-refractivity contribution in [2.24, 2.45) is 23.2 Å². The summed E-state index contributed by atoms with van der Waals surface area (Å²) in [5.74, 6) is -1.41. The second-order valence-electron chi connectivity index (χ2n) is 17.8. The fraction of sp³-hybridized carbons (Fsp3) is 0.881. The molecule has 5 saturated heterocycles. The first kappa shape index (κ1) is 42.1. The standard InChI is InChI=1S/C42H64O15/c1-20-36(44)29(46-6)17-34(50-20)55-37-21(2)51-32(16-28(37)43)56-38-22(3)52-33(18-30(38)47-7)53-24-13-14-41(4)23(15-24)9-10-25-27(41)12-11-26-35-31(54-39(25)45)19-49-42(35,5)57-40(26)48-8/h9,11,20-22,24-25,27-38,40,43-44H,10,12-19H2,1-8H3. The fourth-order valence-electron chi connectivity index (χ4n) is 11.2. The van der Waals surface area contributed by atoms with Gasteiger partial charge in [0.25, 0.3) is 0 Å². The molecule has 322 valence electrons. The second-order valence-corrected chi connectivity index (χ2v) is 17.8. The van der Waals surface area contributed by atoms with Crippen molar-refractivity contribution in [2.45, 2.75) is 184 Å². The van der Waals surface area contributed by atoms with Crippen molar-refractivity contribution in [1.29, 1.82) is 0 Å². The van der Waals surface area contributed by atoms with Crippen LogP contribution in [-0.4, -0.2) is 142 Å². The predicted octanol–water partition coefficient (Wildman–Crippen LogP) is 3.66. The van der Waals surface area contributed by atoms with Crippen molar-refractivity contribution in [3.05, 3.63) is 23.3 Å². The smallest absolute Gasteiger partial charge is 0.309 e. The number of esters is 1. The van der Waals surface area contributed by atoms with Gasteiger partial charge in [0.05, 0.1) is 61.2 Å². The van der Waals surface area contributed by atoms with E-state index in [9.17, 15) is 15.0 Å². The van der Waals surface area contributed by atoms with E-state index in [0.717, 1.165) is 31.3 Å². The van der Waals surface area contributed by atoms with Crippen LogP contribution >= 0.6 is 0 Å². The molecule has 15 heteroatoms. The predicted molar refractivity (Wildman–Crippen MR) is 199 cm³/mol. The number of hydrogen-bond donors (Lipinski definition) is 2. The van der Waals surface area contributed by atoms with E-state index in [0.29, 0.717) is 25.9 Å². The summed E-state index contributed by atoms with van der Waals surface area (Å²) >= 11 is 0. The summed E-state index contributed by atoms with van der Waals surface area (Å²) in [6.45, 7) is 10.1. The van der Waals surface area contributed by atoms with Crippen LogP contribution in [-0.2, 0) is 61.6 Å². The van der Waals surface area contributed by atoms with Gasteiger partial charge in [0.1, 0.15) is 24.4 Å². The van der Waals surface area contributed by atoms with Gasteiger partial charge in [0.2, 0.25) is 0 Å². The molecule has 8 aliphatic rings. The number of carbonyl (C=O) groups excluding carboxylic acids is 1. The number of methoxy groups -OCH3 is 3. The maximum atomic E-state index is 13.8. The van der Waals surface area contributed by atoms with Gasteiger partial charge in [-0.2, -0.15) is 0 Å². The zero-order chi connectivity index (χ0) is 40.4.